The Balaban J connectivity index is 2.12. The lowest BCUT2D eigenvalue weighted by Gasteiger charge is -2.24. The maximum Gasteiger partial charge on any atom is 0.251 e. The zero-order valence-electron chi connectivity index (χ0n) is 15.1. The summed E-state index contributed by atoms with van der Waals surface area (Å²) in [6.45, 7) is 4.97. The fourth-order valence-electron chi connectivity index (χ4n) is 4.30. The van der Waals surface area contributed by atoms with Gasteiger partial charge in [0.25, 0.3) is 5.91 Å². The van der Waals surface area contributed by atoms with Gasteiger partial charge in [0, 0.05) is 23.5 Å². The quantitative estimate of drug-likeness (QED) is 0.830. The molecule has 134 valence electrons. The fourth-order valence-corrected chi connectivity index (χ4v) is 4.30. The van der Waals surface area contributed by atoms with Crippen molar-refractivity contribution in [2.24, 2.45) is 11.7 Å². The second-order valence-electron chi connectivity index (χ2n) is 7.12. The Labute approximate surface area is 149 Å². The molecular weight excluding hydrogens is 315 g/mol. The van der Waals surface area contributed by atoms with E-state index in [2.05, 4.69) is 11.5 Å². The molecule has 1 fully saturated rings. The molecule has 1 aromatic heterocycles. The highest BCUT2D eigenvalue weighted by Crippen LogP contribution is 2.35. The van der Waals surface area contributed by atoms with E-state index < -0.39 is 5.91 Å². The molecule has 0 saturated heterocycles. The van der Waals surface area contributed by atoms with Gasteiger partial charge in [-0.3, -0.25) is 4.79 Å². The van der Waals surface area contributed by atoms with Crippen LogP contribution < -0.4 is 5.73 Å². The third-order valence-corrected chi connectivity index (χ3v) is 5.49. The van der Waals surface area contributed by atoms with Crippen LogP contribution in [0.5, 0.6) is 0 Å². The van der Waals surface area contributed by atoms with E-state index >= 15 is 0 Å². The lowest BCUT2D eigenvalue weighted by atomic mass is 9.89. The third-order valence-electron chi connectivity index (χ3n) is 5.49. The molecule has 2 N–H and O–H groups in total. The van der Waals surface area contributed by atoms with Gasteiger partial charge in [-0.15, -0.1) is 0 Å². The van der Waals surface area contributed by atoms with Crippen molar-refractivity contribution in [2.45, 2.75) is 58.9 Å². The van der Waals surface area contributed by atoms with Crippen LogP contribution in [0.15, 0.2) is 24.3 Å². The number of hydrogen-bond acceptors (Lipinski definition) is 1. The molecule has 3 nitrogen and oxygen atoms in total. The summed E-state index contributed by atoms with van der Waals surface area (Å²) in [5, 5.41) is 0. The number of rotatable bonds is 5. The molecule has 2 aromatic rings. The summed E-state index contributed by atoms with van der Waals surface area (Å²) in [5.74, 6) is -0.0900. The second-order valence-corrected chi connectivity index (χ2v) is 7.12. The normalized spacial score (nSPS) is 15.5. The molecule has 1 aliphatic rings. The van der Waals surface area contributed by atoms with Gasteiger partial charge in [0.15, 0.2) is 0 Å². The summed E-state index contributed by atoms with van der Waals surface area (Å²) >= 11 is 0. The van der Waals surface area contributed by atoms with Gasteiger partial charge >= 0.3 is 0 Å². The second kappa shape index (κ2) is 7.42. The minimum absolute atomic E-state index is 0.298. The number of nitrogens with two attached hydrogens (primary N) is 1. The third kappa shape index (κ3) is 3.48. The minimum Gasteiger partial charge on any atom is -0.366 e. The van der Waals surface area contributed by atoms with Crippen LogP contribution in [-0.2, 0) is 13.0 Å². The molecule has 1 aliphatic carbocycles. The number of amides is 1. The van der Waals surface area contributed by atoms with Gasteiger partial charge in [-0.1, -0.05) is 38.3 Å². The number of carbonyl (C=O) groups is 1. The first kappa shape index (κ1) is 17.7. The Morgan fingerprint density at radius 1 is 1.28 bits per heavy atom. The first-order valence-corrected chi connectivity index (χ1v) is 9.30. The van der Waals surface area contributed by atoms with E-state index in [0.29, 0.717) is 11.5 Å². The van der Waals surface area contributed by atoms with E-state index in [0.717, 1.165) is 35.5 Å². The van der Waals surface area contributed by atoms with E-state index in [4.69, 9.17) is 5.73 Å². The monoisotopic (exact) mass is 342 g/mol. The Morgan fingerprint density at radius 3 is 2.60 bits per heavy atom. The maximum atomic E-state index is 13.8. The lowest BCUT2D eigenvalue weighted by molar-refractivity contribution is 0.1000. The number of aromatic nitrogens is 1. The summed E-state index contributed by atoms with van der Waals surface area (Å²) in [7, 11) is 0. The molecular formula is C21H27FN2O. The lowest BCUT2D eigenvalue weighted by Crippen LogP contribution is -2.17. The van der Waals surface area contributed by atoms with E-state index in [1.165, 1.54) is 44.2 Å². The van der Waals surface area contributed by atoms with Gasteiger partial charge < -0.3 is 10.3 Å². The molecule has 25 heavy (non-hydrogen) atoms. The van der Waals surface area contributed by atoms with Gasteiger partial charge in [0.05, 0.1) is 5.56 Å². The van der Waals surface area contributed by atoms with Crippen LogP contribution in [0.2, 0.25) is 0 Å². The SMILES string of the molecule is CCc1c(-c2cccc(F)c2)c(C(N)=O)c(C)n1CC1CCCCC1. The Hall–Kier alpha value is -2.10. The Bertz CT molecular complexity index is 772. The van der Waals surface area contributed by atoms with Crippen LogP contribution in [0.3, 0.4) is 0 Å². The minimum atomic E-state index is -0.436. The number of halogens is 1. The largest absolute Gasteiger partial charge is 0.366 e. The average molecular weight is 342 g/mol. The van der Waals surface area contributed by atoms with Crippen LogP contribution in [0.4, 0.5) is 4.39 Å². The molecule has 1 saturated carbocycles. The van der Waals surface area contributed by atoms with E-state index in [-0.39, 0.29) is 5.82 Å². The van der Waals surface area contributed by atoms with E-state index in [1.807, 2.05) is 13.0 Å². The predicted octanol–water partition coefficient (Wildman–Crippen LogP) is 4.84. The molecule has 1 heterocycles. The highest BCUT2D eigenvalue weighted by molar-refractivity contribution is 6.02. The zero-order valence-corrected chi connectivity index (χ0v) is 15.1. The van der Waals surface area contributed by atoms with Crippen LogP contribution >= 0.6 is 0 Å². The standard InChI is InChI=1S/C21H27FN2O/c1-3-18-20(16-10-7-11-17(22)12-16)19(21(23)25)14(2)24(18)13-15-8-5-4-6-9-15/h7,10-12,15H,3-6,8-9,13H2,1-2H3,(H2,23,25). The number of nitrogens with zero attached hydrogens (tertiary/aromatic N) is 1. The van der Waals surface area contributed by atoms with Gasteiger partial charge in [-0.25, -0.2) is 4.39 Å². The number of carbonyl (C=O) groups excluding carboxylic acids is 1. The van der Waals surface area contributed by atoms with E-state index in [1.54, 1.807) is 6.07 Å². The molecule has 1 aromatic carbocycles. The first-order valence-electron chi connectivity index (χ1n) is 9.30. The van der Waals surface area contributed by atoms with Gasteiger partial charge in [-0.05, 0) is 49.8 Å². The van der Waals surface area contributed by atoms with Crippen LogP contribution in [-0.4, -0.2) is 10.5 Å². The van der Waals surface area contributed by atoms with Crippen molar-refractivity contribution in [1.29, 1.82) is 0 Å². The maximum absolute atomic E-state index is 13.8. The van der Waals surface area contributed by atoms with Crippen molar-refractivity contribution in [3.05, 3.63) is 47.0 Å². The van der Waals surface area contributed by atoms with Crippen LogP contribution in [0, 0.1) is 18.7 Å². The van der Waals surface area contributed by atoms with Crippen molar-refractivity contribution >= 4 is 5.91 Å². The number of primary amides is 1. The van der Waals surface area contributed by atoms with Gasteiger partial charge in [-0.2, -0.15) is 0 Å². The van der Waals surface area contributed by atoms with Gasteiger partial charge in [0.1, 0.15) is 5.82 Å². The predicted molar refractivity (Wildman–Crippen MR) is 99.0 cm³/mol. The van der Waals surface area contributed by atoms with Crippen molar-refractivity contribution < 1.29 is 9.18 Å². The fraction of sp³-hybridized carbons (Fsp3) is 0.476. The highest BCUT2D eigenvalue weighted by atomic mass is 19.1. The summed E-state index contributed by atoms with van der Waals surface area (Å²) in [5.41, 5.74) is 9.79. The molecule has 0 atom stereocenters. The van der Waals surface area contributed by atoms with Crippen molar-refractivity contribution in [3.63, 3.8) is 0 Å². The van der Waals surface area contributed by atoms with Crippen LogP contribution in [0.25, 0.3) is 11.1 Å². The molecule has 0 radical (unpaired) electrons. The molecule has 0 unspecified atom stereocenters. The topological polar surface area (TPSA) is 48.0 Å². The Morgan fingerprint density at radius 2 is 2.00 bits per heavy atom. The molecule has 1 amide bonds. The smallest absolute Gasteiger partial charge is 0.251 e. The number of hydrogen-bond donors (Lipinski definition) is 1. The summed E-state index contributed by atoms with van der Waals surface area (Å²) < 4.78 is 16.0. The van der Waals surface area contributed by atoms with Crippen molar-refractivity contribution in [3.8, 4) is 11.1 Å². The average Bonchev–Trinajstić information content (AvgIpc) is 2.88. The summed E-state index contributed by atoms with van der Waals surface area (Å²) in [6, 6.07) is 6.45. The van der Waals surface area contributed by atoms with Gasteiger partial charge in [0.2, 0.25) is 0 Å². The molecule has 3 rings (SSSR count). The molecule has 0 aliphatic heterocycles. The number of benzene rings is 1. The zero-order chi connectivity index (χ0) is 18.0. The van der Waals surface area contributed by atoms with Crippen molar-refractivity contribution in [2.75, 3.05) is 0 Å². The molecule has 0 spiro atoms. The summed E-state index contributed by atoms with van der Waals surface area (Å²) in [4.78, 5) is 12.2. The molecule has 4 heteroatoms. The summed E-state index contributed by atoms with van der Waals surface area (Å²) in [6.07, 6.45) is 7.15. The molecule has 0 bridgehead atoms. The highest BCUT2D eigenvalue weighted by Gasteiger charge is 2.26. The van der Waals surface area contributed by atoms with Crippen molar-refractivity contribution in [1.82, 2.24) is 4.57 Å². The Kier molecular flexibility index (Phi) is 5.26. The van der Waals surface area contributed by atoms with Crippen LogP contribution in [0.1, 0.15) is 60.8 Å². The van der Waals surface area contributed by atoms with E-state index in [9.17, 15) is 9.18 Å². The first-order chi connectivity index (χ1) is 12.0.